The van der Waals surface area contributed by atoms with E-state index in [1.807, 2.05) is 25.1 Å². The molecule has 0 aliphatic carbocycles. The molecule has 4 heteroatoms. The molecule has 1 aromatic carbocycles. The Hall–Kier alpha value is -1.68. The molecule has 0 unspecified atom stereocenters. The number of likely N-dealkylation sites (tertiary alicyclic amines) is 1. The van der Waals surface area contributed by atoms with E-state index in [-0.39, 0.29) is 11.7 Å². The Balaban J connectivity index is 1.74. The fourth-order valence-corrected chi connectivity index (χ4v) is 3.21. The minimum Gasteiger partial charge on any atom is -0.333 e. The van der Waals surface area contributed by atoms with Gasteiger partial charge >= 0.3 is 0 Å². The van der Waals surface area contributed by atoms with E-state index in [1.165, 1.54) is 32.4 Å². The molecule has 0 bridgehead atoms. The smallest absolute Gasteiger partial charge is 0.299 e. The Morgan fingerprint density at radius 2 is 1.90 bits per heavy atom. The summed E-state index contributed by atoms with van der Waals surface area (Å²) in [4.78, 5) is 27.3. The SMILES string of the molecule is Cc1ccc2c(c1)C(=O)C(=O)N2CC[NH+]1CCCCC1. The van der Waals surface area contributed by atoms with Crippen LogP contribution in [-0.2, 0) is 4.79 Å². The second-order valence-electron chi connectivity index (χ2n) is 5.87. The zero-order valence-corrected chi connectivity index (χ0v) is 11.9. The Labute approximate surface area is 119 Å². The number of amides is 1. The quantitative estimate of drug-likeness (QED) is 0.819. The molecular weight excluding hydrogens is 252 g/mol. The summed E-state index contributed by atoms with van der Waals surface area (Å²) in [5.41, 5.74) is 2.39. The second-order valence-corrected chi connectivity index (χ2v) is 5.87. The fourth-order valence-electron chi connectivity index (χ4n) is 3.21. The van der Waals surface area contributed by atoms with Crippen molar-refractivity contribution in [3.8, 4) is 0 Å². The van der Waals surface area contributed by atoms with Gasteiger partial charge in [0.05, 0.1) is 37.4 Å². The number of hydrogen-bond donors (Lipinski definition) is 1. The van der Waals surface area contributed by atoms with Gasteiger partial charge in [-0.1, -0.05) is 11.6 Å². The van der Waals surface area contributed by atoms with Crippen LogP contribution in [0.2, 0.25) is 0 Å². The number of carbonyl (C=O) groups is 2. The number of nitrogens with one attached hydrogen (secondary N) is 1. The molecule has 2 heterocycles. The number of fused-ring (bicyclic) bond motifs is 1. The first-order valence-electron chi connectivity index (χ1n) is 7.47. The van der Waals surface area contributed by atoms with Gasteiger partial charge in [-0.25, -0.2) is 0 Å². The number of hydrogen-bond acceptors (Lipinski definition) is 2. The summed E-state index contributed by atoms with van der Waals surface area (Å²) in [7, 11) is 0. The number of Topliss-reactive ketones (excluding diaryl/α,β-unsaturated/α-hetero) is 1. The normalized spacial score (nSPS) is 19.6. The molecule has 1 fully saturated rings. The highest BCUT2D eigenvalue weighted by Crippen LogP contribution is 2.29. The molecule has 1 amide bonds. The molecule has 1 N–H and O–H groups in total. The van der Waals surface area contributed by atoms with E-state index in [0.29, 0.717) is 12.1 Å². The van der Waals surface area contributed by atoms with Crippen molar-refractivity contribution >= 4 is 17.4 Å². The molecule has 0 atom stereocenters. The standard InChI is InChI=1S/C16H20N2O2/c1-12-5-6-14-13(11-12)15(19)16(20)18(14)10-9-17-7-3-2-4-8-17/h5-6,11H,2-4,7-10H2,1H3/p+1. The van der Waals surface area contributed by atoms with Crippen molar-refractivity contribution in [2.24, 2.45) is 0 Å². The lowest BCUT2D eigenvalue weighted by atomic mass is 10.1. The van der Waals surface area contributed by atoms with Gasteiger partial charge < -0.3 is 4.90 Å². The molecule has 0 spiro atoms. The molecule has 106 valence electrons. The number of piperidine rings is 1. The van der Waals surface area contributed by atoms with Crippen molar-refractivity contribution in [2.75, 3.05) is 31.1 Å². The van der Waals surface area contributed by atoms with Crippen molar-refractivity contribution in [3.63, 3.8) is 0 Å². The summed E-state index contributed by atoms with van der Waals surface area (Å²) in [6, 6.07) is 5.69. The van der Waals surface area contributed by atoms with E-state index in [4.69, 9.17) is 0 Å². The number of quaternary nitrogens is 1. The topological polar surface area (TPSA) is 41.8 Å². The number of aryl methyl sites for hydroxylation is 1. The Morgan fingerprint density at radius 3 is 2.65 bits per heavy atom. The lowest BCUT2D eigenvalue weighted by molar-refractivity contribution is -0.903. The number of ketones is 1. The highest BCUT2D eigenvalue weighted by molar-refractivity contribution is 6.52. The van der Waals surface area contributed by atoms with E-state index < -0.39 is 0 Å². The maximum Gasteiger partial charge on any atom is 0.299 e. The van der Waals surface area contributed by atoms with Gasteiger partial charge in [0.25, 0.3) is 11.7 Å². The molecule has 2 aliphatic rings. The fraction of sp³-hybridized carbons (Fsp3) is 0.500. The Kier molecular flexibility index (Phi) is 3.57. The van der Waals surface area contributed by atoms with E-state index in [9.17, 15) is 9.59 Å². The molecule has 2 aliphatic heterocycles. The first-order chi connectivity index (χ1) is 9.66. The molecular formula is C16H21N2O2+. The first kappa shape index (κ1) is 13.3. The van der Waals surface area contributed by atoms with Crippen LogP contribution < -0.4 is 9.80 Å². The lowest BCUT2D eigenvalue weighted by Gasteiger charge is -2.25. The highest BCUT2D eigenvalue weighted by Gasteiger charge is 2.36. The zero-order valence-electron chi connectivity index (χ0n) is 11.9. The summed E-state index contributed by atoms with van der Waals surface area (Å²) >= 11 is 0. The van der Waals surface area contributed by atoms with Crippen LogP contribution >= 0.6 is 0 Å². The molecule has 1 saturated heterocycles. The van der Waals surface area contributed by atoms with E-state index >= 15 is 0 Å². The minimum atomic E-state index is -0.359. The third kappa shape index (κ3) is 2.36. The highest BCUT2D eigenvalue weighted by atomic mass is 16.2. The maximum absolute atomic E-state index is 12.1. The van der Waals surface area contributed by atoms with Gasteiger partial charge in [-0.15, -0.1) is 0 Å². The average Bonchev–Trinajstić information content (AvgIpc) is 2.70. The van der Waals surface area contributed by atoms with Crippen molar-refractivity contribution in [1.29, 1.82) is 0 Å². The molecule has 0 saturated carbocycles. The van der Waals surface area contributed by atoms with Crippen molar-refractivity contribution in [2.45, 2.75) is 26.2 Å². The summed E-state index contributed by atoms with van der Waals surface area (Å²) in [6.45, 7) is 5.91. The number of carbonyl (C=O) groups excluding carboxylic acids is 2. The van der Waals surface area contributed by atoms with Crippen LogP contribution in [0.4, 0.5) is 5.69 Å². The Bertz CT molecular complexity index is 547. The van der Waals surface area contributed by atoms with E-state index in [1.54, 1.807) is 9.80 Å². The van der Waals surface area contributed by atoms with Gasteiger partial charge in [-0.2, -0.15) is 0 Å². The number of nitrogens with zero attached hydrogens (tertiary/aromatic N) is 1. The maximum atomic E-state index is 12.1. The van der Waals surface area contributed by atoms with Crippen LogP contribution in [0.25, 0.3) is 0 Å². The van der Waals surface area contributed by atoms with Gasteiger partial charge in [-0.3, -0.25) is 14.5 Å². The average molecular weight is 273 g/mol. The Morgan fingerprint density at radius 1 is 1.15 bits per heavy atom. The van der Waals surface area contributed by atoms with Crippen LogP contribution in [-0.4, -0.2) is 37.9 Å². The molecule has 1 aromatic rings. The summed E-state index contributed by atoms with van der Waals surface area (Å²) in [6.07, 6.45) is 3.88. The van der Waals surface area contributed by atoms with Gasteiger partial charge in [0, 0.05) is 0 Å². The van der Waals surface area contributed by atoms with E-state index in [0.717, 1.165) is 17.8 Å². The monoisotopic (exact) mass is 273 g/mol. The van der Waals surface area contributed by atoms with Gasteiger partial charge in [-0.05, 0) is 38.3 Å². The largest absolute Gasteiger partial charge is 0.333 e. The van der Waals surface area contributed by atoms with Crippen LogP contribution in [0, 0.1) is 6.92 Å². The molecule has 3 rings (SSSR count). The van der Waals surface area contributed by atoms with E-state index in [2.05, 4.69) is 0 Å². The van der Waals surface area contributed by atoms with Crippen molar-refractivity contribution in [3.05, 3.63) is 29.3 Å². The summed E-state index contributed by atoms with van der Waals surface area (Å²) in [5.74, 6) is -0.709. The van der Waals surface area contributed by atoms with Crippen LogP contribution in [0.5, 0.6) is 0 Å². The zero-order chi connectivity index (χ0) is 14.1. The minimum absolute atomic E-state index is 0.350. The first-order valence-corrected chi connectivity index (χ1v) is 7.47. The third-order valence-electron chi connectivity index (χ3n) is 4.38. The predicted octanol–water partition coefficient (Wildman–Crippen LogP) is 0.593. The van der Waals surface area contributed by atoms with Crippen LogP contribution in [0.1, 0.15) is 35.2 Å². The van der Waals surface area contributed by atoms with Crippen molar-refractivity contribution in [1.82, 2.24) is 0 Å². The summed E-state index contributed by atoms with van der Waals surface area (Å²) < 4.78 is 0. The predicted molar refractivity (Wildman–Crippen MR) is 77.3 cm³/mol. The third-order valence-corrected chi connectivity index (χ3v) is 4.38. The summed E-state index contributed by atoms with van der Waals surface area (Å²) in [5, 5.41) is 0. The van der Waals surface area contributed by atoms with Gasteiger partial charge in [0.1, 0.15) is 0 Å². The second kappa shape index (κ2) is 5.37. The molecule has 0 aromatic heterocycles. The van der Waals surface area contributed by atoms with Gasteiger partial charge in [0.15, 0.2) is 0 Å². The molecule has 4 nitrogen and oxygen atoms in total. The van der Waals surface area contributed by atoms with Crippen molar-refractivity contribution < 1.29 is 14.5 Å². The van der Waals surface area contributed by atoms with Crippen LogP contribution in [0.15, 0.2) is 18.2 Å². The lowest BCUT2D eigenvalue weighted by Crippen LogP contribution is -3.13. The number of benzene rings is 1. The number of anilines is 1. The number of rotatable bonds is 3. The van der Waals surface area contributed by atoms with Crippen LogP contribution in [0.3, 0.4) is 0 Å². The molecule has 0 radical (unpaired) electrons. The van der Waals surface area contributed by atoms with Gasteiger partial charge in [0.2, 0.25) is 0 Å². The molecule has 20 heavy (non-hydrogen) atoms.